The normalized spacial score (nSPS) is 20.0. The lowest BCUT2D eigenvalue weighted by molar-refractivity contribution is 0.0722. The molecular formula is C14H21NO2S. The summed E-state index contributed by atoms with van der Waals surface area (Å²) in [6, 6.07) is 8.49. The number of hydrogen-bond donors (Lipinski definition) is 1. The first-order valence-electron chi connectivity index (χ1n) is 6.54. The van der Waals surface area contributed by atoms with Crippen molar-refractivity contribution in [3.63, 3.8) is 0 Å². The minimum absolute atomic E-state index is 0.177. The van der Waals surface area contributed by atoms with E-state index in [1.54, 1.807) is 0 Å². The molecule has 0 radical (unpaired) electrons. The molecule has 1 heterocycles. The Morgan fingerprint density at radius 3 is 3.06 bits per heavy atom. The first-order chi connectivity index (χ1) is 8.85. The molecule has 1 N–H and O–H groups in total. The van der Waals surface area contributed by atoms with Gasteiger partial charge in [-0.15, -0.1) is 11.8 Å². The van der Waals surface area contributed by atoms with Gasteiger partial charge in [0.05, 0.1) is 12.6 Å². The third kappa shape index (κ3) is 3.40. The maximum absolute atomic E-state index is 6.08. The third-order valence-electron chi connectivity index (χ3n) is 2.95. The second kappa shape index (κ2) is 7.02. The van der Waals surface area contributed by atoms with E-state index < -0.39 is 0 Å². The van der Waals surface area contributed by atoms with Crippen molar-refractivity contribution < 1.29 is 9.47 Å². The zero-order chi connectivity index (χ0) is 12.8. The number of para-hydroxylation sites is 1. The van der Waals surface area contributed by atoms with E-state index in [0.717, 1.165) is 24.7 Å². The van der Waals surface area contributed by atoms with Gasteiger partial charge in [0.15, 0.2) is 0 Å². The number of rotatable bonds is 6. The van der Waals surface area contributed by atoms with Gasteiger partial charge in [0.2, 0.25) is 0 Å². The molecule has 100 valence electrons. The molecular weight excluding hydrogens is 246 g/mol. The van der Waals surface area contributed by atoms with Gasteiger partial charge in [-0.3, -0.25) is 0 Å². The lowest BCUT2D eigenvalue weighted by Crippen LogP contribution is -2.48. The SMILES string of the molecule is CCNC(COCC)C1CSc2ccccc2O1. The number of fused-ring (bicyclic) bond motifs is 1. The quantitative estimate of drug-likeness (QED) is 0.858. The summed E-state index contributed by atoms with van der Waals surface area (Å²) in [7, 11) is 0. The number of thioether (sulfide) groups is 1. The molecule has 0 saturated heterocycles. The Labute approximate surface area is 113 Å². The third-order valence-corrected chi connectivity index (χ3v) is 4.09. The van der Waals surface area contributed by atoms with Crippen LogP contribution in [0.3, 0.4) is 0 Å². The number of nitrogens with one attached hydrogen (secondary N) is 1. The molecule has 2 rings (SSSR count). The van der Waals surface area contributed by atoms with E-state index in [1.807, 2.05) is 30.8 Å². The fraction of sp³-hybridized carbons (Fsp3) is 0.571. The van der Waals surface area contributed by atoms with Gasteiger partial charge in [-0.2, -0.15) is 0 Å². The van der Waals surface area contributed by atoms with Crippen molar-refractivity contribution in [2.75, 3.05) is 25.5 Å². The van der Waals surface area contributed by atoms with E-state index in [9.17, 15) is 0 Å². The van der Waals surface area contributed by atoms with E-state index in [1.165, 1.54) is 4.90 Å². The maximum Gasteiger partial charge on any atom is 0.133 e. The lowest BCUT2D eigenvalue weighted by atomic mass is 10.2. The minimum Gasteiger partial charge on any atom is -0.487 e. The summed E-state index contributed by atoms with van der Waals surface area (Å²) in [4.78, 5) is 1.24. The highest BCUT2D eigenvalue weighted by Crippen LogP contribution is 2.35. The average molecular weight is 267 g/mol. The van der Waals surface area contributed by atoms with Gasteiger partial charge in [-0.1, -0.05) is 19.1 Å². The second-order valence-electron chi connectivity index (χ2n) is 4.24. The average Bonchev–Trinajstić information content (AvgIpc) is 2.43. The van der Waals surface area contributed by atoms with E-state index in [0.29, 0.717) is 6.61 Å². The second-order valence-corrected chi connectivity index (χ2v) is 5.30. The molecule has 18 heavy (non-hydrogen) atoms. The van der Waals surface area contributed by atoms with Gasteiger partial charge in [-0.05, 0) is 25.6 Å². The van der Waals surface area contributed by atoms with Crippen LogP contribution < -0.4 is 10.1 Å². The molecule has 0 bridgehead atoms. The fourth-order valence-electron chi connectivity index (χ4n) is 2.04. The Balaban J connectivity index is 2.00. The maximum atomic E-state index is 6.08. The molecule has 1 aromatic carbocycles. The molecule has 0 saturated carbocycles. The van der Waals surface area contributed by atoms with Gasteiger partial charge in [0.25, 0.3) is 0 Å². The predicted octanol–water partition coefficient (Wildman–Crippen LogP) is 2.55. The van der Waals surface area contributed by atoms with Crippen LogP contribution in [0.4, 0.5) is 0 Å². The molecule has 0 amide bonds. The van der Waals surface area contributed by atoms with Crippen molar-refractivity contribution in [1.29, 1.82) is 0 Å². The van der Waals surface area contributed by atoms with Gasteiger partial charge in [0.1, 0.15) is 11.9 Å². The van der Waals surface area contributed by atoms with E-state index in [4.69, 9.17) is 9.47 Å². The van der Waals surface area contributed by atoms with Crippen molar-refractivity contribution in [2.45, 2.75) is 30.9 Å². The fourth-order valence-corrected chi connectivity index (χ4v) is 3.12. The summed E-state index contributed by atoms with van der Waals surface area (Å²) in [5, 5.41) is 3.45. The number of likely N-dealkylation sites (N-methyl/N-ethyl adjacent to an activating group) is 1. The molecule has 0 aliphatic carbocycles. The molecule has 0 spiro atoms. The molecule has 1 aromatic rings. The summed E-state index contributed by atoms with van der Waals surface area (Å²) < 4.78 is 11.6. The van der Waals surface area contributed by atoms with Gasteiger partial charge in [0, 0.05) is 17.3 Å². The molecule has 0 aromatic heterocycles. The zero-order valence-corrected chi connectivity index (χ0v) is 11.8. The van der Waals surface area contributed by atoms with Crippen molar-refractivity contribution in [1.82, 2.24) is 5.32 Å². The molecule has 0 fully saturated rings. The van der Waals surface area contributed by atoms with Gasteiger partial charge < -0.3 is 14.8 Å². The van der Waals surface area contributed by atoms with E-state index in [-0.39, 0.29) is 12.1 Å². The van der Waals surface area contributed by atoms with Crippen LogP contribution in [0, 0.1) is 0 Å². The Bertz CT molecular complexity index is 373. The monoisotopic (exact) mass is 267 g/mol. The van der Waals surface area contributed by atoms with Gasteiger partial charge in [-0.25, -0.2) is 0 Å². The topological polar surface area (TPSA) is 30.5 Å². The number of hydrogen-bond acceptors (Lipinski definition) is 4. The van der Waals surface area contributed by atoms with E-state index >= 15 is 0 Å². The molecule has 2 unspecified atom stereocenters. The number of benzene rings is 1. The first kappa shape index (κ1) is 13.7. The minimum atomic E-state index is 0.177. The molecule has 2 atom stereocenters. The summed E-state index contributed by atoms with van der Waals surface area (Å²) >= 11 is 1.86. The first-order valence-corrected chi connectivity index (χ1v) is 7.53. The Hall–Kier alpha value is -0.710. The lowest BCUT2D eigenvalue weighted by Gasteiger charge is -2.32. The Morgan fingerprint density at radius 1 is 1.44 bits per heavy atom. The van der Waals surface area contributed by atoms with Crippen molar-refractivity contribution in [2.24, 2.45) is 0 Å². The zero-order valence-electron chi connectivity index (χ0n) is 11.0. The smallest absolute Gasteiger partial charge is 0.133 e. The summed E-state index contributed by atoms with van der Waals surface area (Å²) in [5.41, 5.74) is 0. The molecule has 3 nitrogen and oxygen atoms in total. The highest BCUT2D eigenvalue weighted by atomic mass is 32.2. The Morgan fingerprint density at radius 2 is 2.28 bits per heavy atom. The highest BCUT2D eigenvalue weighted by Gasteiger charge is 2.27. The standard InChI is InChI=1S/C14H21NO2S/c1-3-15-11(9-16-4-2)13-10-18-14-8-6-5-7-12(14)17-13/h5-8,11,13,15H,3-4,9-10H2,1-2H3. The van der Waals surface area contributed by atoms with Crippen molar-refractivity contribution in [3.8, 4) is 5.75 Å². The number of ether oxygens (including phenoxy) is 2. The molecule has 1 aliphatic heterocycles. The van der Waals surface area contributed by atoms with Crippen molar-refractivity contribution >= 4 is 11.8 Å². The van der Waals surface area contributed by atoms with Crippen LogP contribution in [-0.2, 0) is 4.74 Å². The highest BCUT2D eigenvalue weighted by molar-refractivity contribution is 7.99. The van der Waals surface area contributed by atoms with Crippen LogP contribution >= 0.6 is 11.8 Å². The predicted molar refractivity (Wildman–Crippen MR) is 75.5 cm³/mol. The van der Waals surface area contributed by atoms with Crippen LogP contribution in [0.15, 0.2) is 29.2 Å². The van der Waals surface area contributed by atoms with Crippen LogP contribution in [0.25, 0.3) is 0 Å². The Kier molecular flexibility index (Phi) is 5.35. The van der Waals surface area contributed by atoms with Crippen molar-refractivity contribution in [3.05, 3.63) is 24.3 Å². The van der Waals surface area contributed by atoms with E-state index in [2.05, 4.69) is 24.4 Å². The summed E-state index contributed by atoms with van der Waals surface area (Å²) in [5.74, 6) is 1.97. The summed E-state index contributed by atoms with van der Waals surface area (Å²) in [6.45, 7) is 6.53. The van der Waals surface area contributed by atoms with Crippen LogP contribution in [0.1, 0.15) is 13.8 Å². The molecule has 1 aliphatic rings. The van der Waals surface area contributed by atoms with Crippen LogP contribution in [-0.4, -0.2) is 37.7 Å². The largest absolute Gasteiger partial charge is 0.487 e. The van der Waals surface area contributed by atoms with Crippen LogP contribution in [0.5, 0.6) is 5.75 Å². The molecule has 4 heteroatoms. The summed E-state index contributed by atoms with van der Waals surface area (Å²) in [6.07, 6.45) is 0.177. The van der Waals surface area contributed by atoms with Crippen LogP contribution in [0.2, 0.25) is 0 Å². The van der Waals surface area contributed by atoms with Gasteiger partial charge >= 0.3 is 0 Å².